The van der Waals surface area contributed by atoms with Gasteiger partial charge in [-0.15, -0.1) is 0 Å². The average molecular weight is 169 g/mol. The lowest BCUT2D eigenvalue weighted by Gasteiger charge is -2.27. The van der Waals surface area contributed by atoms with Gasteiger partial charge in [0, 0.05) is 24.9 Å². The number of nitrogens with one attached hydrogen (secondary N) is 1. The fourth-order valence-electron chi connectivity index (χ4n) is 2.11. The second-order valence-electron chi connectivity index (χ2n) is 3.60. The Bertz CT molecular complexity index is 175. The van der Waals surface area contributed by atoms with Crippen LogP contribution in [0.5, 0.6) is 0 Å². The van der Waals surface area contributed by atoms with Crippen LogP contribution in [-0.4, -0.2) is 31.6 Å². The topological polar surface area (TPSA) is 38.3 Å². The smallest absolute Gasteiger partial charge is 0.137 e. The summed E-state index contributed by atoms with van der Waals surface area (Å²) >= 11 is 0. The highest BCUT2D eigenvalue weighted by Crippen LogP contribution is 2.25. The lowest BCUT2D eigenvalue weighted by Crippen LogP contribution is -2.47. The summed E-state index contributed by atoms with van der Waals surface area (Å²) in [6.45, 7) is 2.41. The molecule has 12 heavy (non-hydrogen) atoms. The van der Waals surface area contributed by atoms with Gasteiger partial charge in [-0.2, -0.15) is 0 Å². The zero-order valence-electron chi connectivity index (χ0n) is 7.21. The molecule has 68 valence electrons. The molecule has 0 aromatic rings. The van der Waals surface area contributed by atoms with Gasteiger partial charge in [-0.3, -0.25) is 4.79 Å². The minimum Gasteiger partial charge on any atom is -0.378 e. The number of morpholine rings is 1. The van der Waals surface area contributed by atoms with E-state index in [-0.39, 0.29) is 5.92 Å². The van der Waals surface area contributed by atoms with Crippen LogP contribution in [0.4, 0.5) is 0 Å². The quantitative estimate of drug-likeness (QED) is 0.615. The third-order valence-corrected chi connectivity index (χ3v) is 2.79. The van der Waals surface area contributed by atoms with Crippen molar-refractivity contribution in [2.75, 3.05) is 19.8 Å². The van der Waals surface area contributed by atoms with E-state index in [4.69, 9.17) is 4.74 Å². The molecule has 1 saturated heterocycles. The number of ether oxygens (including phenoxy) is 1. The van der Waals surface area contributed by atoms with Gasteiger partial charge in [0.2, 0.25) is 0 Å². The van der Waals surface area contributed by atoms with Crippen molar-refractivity contribution in [3.05, 3.63) is 0 Å². The van der Waals surface area contributed by atoms with Crippen molar-refractivity contribution in [1.82, 2.24) is 5.32 Å². The number of carbonyl (C=O) groups is 1. The second-order valence-corrected chi connectivity index (χ2v) is 3.60. The molecule has 0 unspecified atom stereocenters. The average Bonchev–Trinajstić information content (AvgIpc) is 2.53. The van der Waals surface area contributed by atoms with Gasteiger partial charge in [0.15, 0.2) is 0 Å². The van der Waals surface area contributed by atoms with Gasteiger partial charge in [-0.1, -0.05) is 0 Å². The summed E-state index contributed by atoms with van der Waals surface area (Å²) in [4.78, 5) is 11.4. The van der Waals surface area contributed by atoms with Crippen LogP contribution in [0.15, 0.2) is 0 Å². The monoisotopic (exact) mass is 169 g/mol. The first-order chi connectivity index (χ1) is 5.88. The molecule has 1 aliphatic carbocycles. The molecule has 0 bridgehead atoms. The first kappa shape index (κ1) is 8.20. The molecule has 2 aliphatic rings. The number of hydrogen-bond acceptors (Lipinski definition) is 3. The van der Waals surface area contributed by atoms with Crippen molar-refractivity contribution in [3.63, 3.8) is 0 Å². The number of ketones is 1. The van der Waals surface area contributed by atoms with Crippen LogP contribution in [0, 0.1) is 5.92 Å². The molecule has 2 atom stereocenters. The summed E-state index contributed by atoms with van der Waals surface area (Å²) in [5.74, 6) is 0.670. The maximum absolute atomic E-state index is 11.4. The first-order valence-electron chi connectivity index (χ1n) is 4.72. The van der Waals surface area contributed by atoms with E-state index in [0.29, 0.717) is 11.8 Å². The van der Waals surface area contributed by atoms with Crippen LogP contribution in [0.2, 0.25) is 0 Å². The van der Waals surface area contributed by atoms with Gasteiger partial charge < -0.3 is 10.1 Å². The van der Waals surface area contributed by atoms with Crippen molar-refractivity contribution in [3.8, 4) is 0 Å². The minimum absolute atomic E-state index is 0.241. The maximum Gasteiger partial charge on any atom is 0.137 e. The fraction of sp³-hybridized carbons (Fsp3) is 0.889. The Morgan fingerprint density at radius 3 is 3.00 bits per heavy atom. The molecule has 1 saturated carbocycles. The highest BCUT2D eigenvalue weighted by molar-refractivity contribution is 5.83. The van der Waals surface area contributed by atoms with Crippen LogP contribution in [0.3, 0.4) is 0 Å². The molecule has 0 aromatic heterocycles. The third-order valence-electron chi connectivity index (χ3n) is 2.79. The highest BCUT2D eigenvalue weighted by atomic mass is 16.5. The minimum atomic E-state index is 0.241. The molecule has 3 nitrogen and oxygen atoms in total. The summed E-state index contributed by atoms with van der Waals surface area (Å²) in [7, 11) is 0. The van der Waals surface area contributed by atoms with Crippen molar-refractivity contribution in [2.45, 2.75) is 25.3 Å². The third kappa shape index (κ3) is 1.52. The SMILES string of the molecule is O=C1CCC[C@H]1[C@@H]1COCCN1. The van der Waals surface area contributed by atoms with Gasteiger partial charge in [-0.25, -0.2) is 0 Å². The Kier molecular flexibility index (Phi) is 2.42. The highest BCUT2D eigenvalue weighted by Gasteiger charge is 2.32. The van der Waals surface area contributed by atoms with Crippen molar-refractivity contribution >= 4 is 5.78 Å². The largest absolute Gasteiger partial charge is 0.378 e. The van der Waals surface area contributed by atoms with Gasteiger partial charge in [-0.05, 0) is 12.8 Å². The van der Waals surface area contributed by atoms with E-state index in [1.807, 2.05) is 0 Å². The van der Waals surface area contributed by atoms with E-state index >= 15 is 0 Å². The second kappa shape index (κ2) is 3.54. The lowest BCUT2D eigenvalue weighted by molar-refractivity contribution is -0.122. The Morgan fingerprint density at radius 1 is 1.50 bits per heavy atom. The zero-order chi connectivity index (χ0) is 8.39. The molecule has 0 aromatic carbocycles. The number of Topliss-reactive ketones (excluding diaryl/α,β-unsaturated/α-hetero) is 1. The Labute approximate surface area is 72.5 Å². The van der Waals surface area contributed by atoms with Crippen LogP contribution < -0.4 is 5.32 Å². The summed E-state index contributed by atoms with van der Waals surface area (Å²) in [6, 6.07) is 0.300. The number of rotatable bonds is 1. The summed E-state index contributed by atoms with van der Waals surface area (Å²) in [6.07, 6.45) is 2.91. The van der Waals surface area contributed by atoms with Crippen LogP contribution in [0.25, 0.3) is 0 Å². The van der Waals surface area contributed by atoms with E-state index in [9.17, 15) is 4.79 Å². The molecular formula is C9H15NO2. The van der Waals surface area contributed by atoms with E-state index in [2.05, 4.69) is 5.32 Å². The van der Waals surface area contributed by atoms with Gasteiger partial charge in [0.1, 0.15) is 5.78 Å². The van der Waals surface area contributed by atoms with Crippen molar-refractivity contribution in [1.29, 1.82) is 0 Å². The molecule has 1 heterocycles. The molecule has 1 aliphatic heterocycles. The zero-order valence-corrected chi connectivity index (χ0v) is 7.21. The molecule has 2 rings (SSSR count). The van der Waals surface area contributed by atoms with Crippen molar-refractivity contribution < 1.29 is 9.53 Å². The Hall–Kier alpha value is -0.410. The van der Waals surface area contributed by atoms with Crippen molar-refractivity contribution in [2.24, 2.45) is 5.92 Å². The molecule has 3 heteroatoms. The van der Waals surface area contributed by atoms with Gasteiger partial charge in [0.25, 0.3) is 0 Å². The van der Waals surface area contributed by atoms with E-state index < -0.39 is 0 Å². The summed E-state index contributed by atoms with van der Waals surface area (Å²) in [5, 5.41) is 3.35. The predicted octanol–water partition coefficient (Wildman–Crippen LogP) is 0.344. The lowest BCUT2D eigenvalue weighted by atomic mass is 9.97. The fourth-order valence-corrected chi connectivity index (χ4v) is 2.11. The van der Waals surface area contributed by atoms with Crippen LogP contribution in [-0.2, 0) is 9.53 Å². The molecule has 1 N–H and O–H groups in total. The van der Waals surface area contributed by atoms with Gasteiger partial charge >= 0.3 is 0 Å². The predicted molar refractivity (Wildman–Crippen MR) is 45.0 cm³/mol. The molecule has 0 spiro atoms. The standard InChI is InChI=1S/C9H15NO2/c11-9-3-1-2-7(9)8-6-12-5-4-10-8/h7-8,10H,1-6H2/t7-,8-/m0/s1. The number of carbonyl (C=O) groups excluding carboxylic acids is 1. The number of hydrogen-bond donors (Lipinski definition) is 1. The molecular weight excluding hydrogens is 154 g/mol. The summed E-state index contributed by atoms with van der Waals surface area (Å²) < 4.78 is 5.33. The van der Waals surface area contributed by atoms with E-state index in [0.717, 1.165) is 39.0 Å². The van der Waals surface area contributed by atoms with Gasteiger partial charge in [0.05, 0.1) is 13.2 Å². The Balaban J connectivity index is 1.93. The molecule has 0 amide bonds. The normalized spacial score (nSPS) is 37.2. The van der Waals surface area contributed by atoms with E-state index in [1.165, 1.54) is 0 Å². The van der Waals surface area contributed by atoms with Crippen LogP contribution >= 0.6 is 0 Å². The van der Waals surface area contributed by atoms with Crippen LogP contribution in [0.1, 0.15) is 19.3 Å². The maximum atomic E-state index is 11.4. The first-order valence-corrected chi connectivity index (χ1v) is 4.72. The Morgan fingerprint density at radius 2 is 2.42 bits per heavy atom. The molecule has 2 fully saturated rings. The molecule has 0 radical (unpaired) electrons. The van der Waals surface area contributed by atoms with E-state index in [1.54, 1.807) is 0 Å². The summed E-state index contributed by atoms with van der Waals surface area (Å²) in [5.41, 5.74) is 0.